The molecule has 3 aromatic rings. The standard InChI is InChI=1S/C22H19ClN4O7S/c1-2-34-16-7-9-17(10-8-16)35(32,33)26-19-6-4-3-5-18(19)22(29)25-24-13-14-11-15(23)12-20(21(14)28)27(30)31/h3-13,26,28H,2H2,1H3,(H,25,29)/b24-13+. The number of nitrogens with one attached hydrogen (secondary N) is 2. The maximum absolute atomic E-state index is 12.8. The predicted molar refractivity (Wildman–Crippen MR) is 130 cm³/mol. The number of nitrogens with zero attached hydrogens (tertiary/aromatic N) is 2. The van der Waals surface area contributed by atoms with Gasteiger partial charge in [0.05, 0.1) is 33.9 Å². The normalized spacial score (nSPS) is 11.3. The van der Waals surface area contributed by atoms with Gasteiger partial charge in [0, 0.05) is 16.7 Å². The number of ether oxygens (including phenoxy) is 1. The van der Waals surface area contributed by atoms with Gasteiger partial charge in [0.2, 0.25) is 5.75 Å². The average Bonchev–Trinajstić information content (AvgIpc) is 2.81. The van der Waals surface area contributed by atoms with E-state index in [0.717, 1.165) is 12.3 Å². The summed E-state index contributed by atoms with van der Waals surface area (Å²) in [5.41, 5.74) is 1.41. The number of rotatable bonds is 9. The fourth-order valence-electron chi connectivity index (χ4n) is 2.92. The van der Waals surface area contributed by atoms with Crippen LogP contribution in [0.25, 0.3) is 0 Å². The molecule has 182 valence electrons. The number of anilines is 1. The molecule has 0 spiro atoms. The van der Waals surface area contributed by atoms with Crippen LogP contribution in [0.5, 0.6) is 11.5 Å². The number of benzene rings is 3. The summed E-state index contributed by atoms with van der Waals surface area (Å²) in [6.07, 6.45) is 0.971. The largest absolute Gasteiger partial charge is 0.502 e. The number of sulfonamides is 1. The van der Waals surface area contributed by atoms with Crippen LogP contribution in [-0.4, -0.2) is 37.2 Å². The van der Waals surface area contributed by atoms with Crippen molar-refractivity contribution < 1.29 is 28.0 Å². The van der Waals surface area contributed by atoms with E-state index >= 15 is 0 Å². The molecule has 0 fully saturated rings. The number of nitro groups is 1. The first-order chi connectivity index (χ1) is 16.6. The summed E-state index contributed by atoms with van der Waals surface area (Å²) in [6.45, 7) is 2.24. The van der Waals surface area contributed by atoms with E-state index in [0.29, 0.717) is 12.4 Å². The summed E-state index contributed by atoms with van der Waals surface area (Å²) in [5.74, 6) is -0.941. The minimum absolute atomic E-state index is 0.00433. The third-order valence-corrected chi connectivity index (χ3v) is 6.11. The summed E-state index contributed by atoms with van der Waals surface area (Å²) in [4.78, 5) is 22.8. The minimum Gasteiger partial charge on any atom is -0.502 e. The van der Waals surface area contributed by atoms with Gasteiger partial charge in [-0.05, 0) is 49.4 Å². The Morgan fingerprint density at radius 3 is 2.54 bits per heavy atom. The molecule has 11 nitrogen and oxygen atoms in total. The third kappa shape index (κ3) is 6.25. The number of para-hydroxylation sites is 1. The fraction of sp³-hybridized carbons (Fsp3) is 0.0909. The van der Waals surface area contributed by atoms with Crippen molar-refractivity contribution in [1.82, 2.24) is 5.43 Å². The highest BCUT2D eigenvalue weighted by atomic mass is 35.5. The summed E-state index contributed by atoms with van der Waals surface area (Å²) in [7, 11) is -4.02. The lowest BCUT2D eigenvalue weighted by Crippen LogP contribution is -2.21. The van der Waals surface area contributed by atoms with Crippen molar-refractivity contribution in [2.45, 2.75) is 11.8 Å². The molecule has 0 heterocycles. The van der Waals surface area contributed by atoms with Gasteiger partial charge in [-0.25, -0.2) is 13.8 Å². The Bertz CT molecular complexity index is 1390. The van der Waals surface area contributed by atoms with Crippen LogP contribution in [0.2, 0.25) is 5.02 Å². The van der Waals surface area contributed by atoms with Gasteiger partial charge in [-0.15, -0.1) is 0 Å². The van der Waals surface area contributed by atoms with Gasteiger partial charge in [0.15, 0.2) is 0 Å². The molecule has 0 aliphatic carbocycles. The first-order valence-electron chi connectivity index (χ1n) is 9.97. The second kappa shape index (κ2) is 10.8. The number of nitro benzene ring substituents is 1. The van der Waals surface area contributed by atoms with Crippen LogP contribution in [0.3, 0.4) is 0 Å². The van der Waals surface area contributed by atoms with Gasteiger partial charge >= 0.3 is 5.69 Å². The number of phenolic OH excluding ortho intramolecular Hbond substituents is 1. The van der Waals surface area contributed by atoms with E-state index in [4.69, 9.17) is 16.3 Å². The zero-order chi connectivity index (χ0) is 25.6. The first kappa shape index (κ1) is 25.5. The molecule has 0 unspecified atom stereocenters. The number of amides is 1. The molecule has 0 aliphatic heterocycles. The first-order valence-corrected chi connectivity index (χ1v) is 11.8. The molecule has 0 saturated carbocycles. The third-order valence-electron chi connectivity index (χ3n) is 4.51. The van der Waals surface area contributed by atoms with Crippen LogP contribution in [0.4, 0.5) is 11.4 Å². The number of hydrogen-bond donors (Lipinski definition) is 3. The molecular formula is C22H19ClN4O7S. The molecule has 0 atom stereocenters. The van der Waals surface area contributed by atoms with E-state index in [1.807, 2.05) is 0 Å². The van der Waals surface area contributed by atoms with E-state index in [9.17, 15) is 28.4 Å². The van der Waals surface area contributed by atoms with Gasteiger partial charge in [0.1, 0.15) is 5.75 Å². The number of aromatic hydroxyl groups is 1. The van der Waals surface area contributed by atoms with Crippen LogP contribution in [0, 0.1) is 10.1 Å². The number of hydrogen-bond acceptors (Lipinski definition) is 8. The maximum Gasteiger partial charge on any atom is 0.312 e. The summed E-state index contributed by atoms with van der Waals surface area (Å²) in [6, 6.07) is 13.8. The molecule has 3 rings (SSSR count). The Kier molecular flexibility index (Phi) is 7.89. The van der Waals surface area contributed by atoms with E-state index in [1.54, 1.807) is 13.0 Å². The quantitative estimate of drug-likeness (QED) is 0.220. The monoisotopic (exact) mass is 518 g/mol. The topological polar surface area (TPSA) is 160 Å². The molecule has 1 amide bonds. The van der Waals surface area contributed by atoms with E-state index < -0.39 is 32.3 Å². The second-order valence-corrected chi connectivity index (χ2v) is 8.99. The van der Waals surface area contributed by atoms with Crippen molar-refractivity contribution in [1.29, 1.82) is 0 Å². The molecule has 0 radical (unpaired) electrons. The number of hydrazone groups is 1. The SMILES string of the molecule is CCOc1ccc(S(=O)(=O)Nc2ccccc2C(=O)N/N=C/c2cc(Cl)cc([N+](=O)[O-])c2O)cc1. The van der Waals surface area contributed by atoms with Crippen molar-refractivity contribution in [3.8, 4) is 11.5 Å². The van der Waals surface area contributed by atoms with Crippen molar-refractivity contribution in [3.63, 3.8) is 0 Å². The highest BCUT2D eigenvalue weighted by molar-refractivity contribution is 7.92. The van der Waals surface area contributed by atoms with Gasteiger partial charge in [0.25, 0.3) is 15.9 Å². The Balaban J connectivity index is 1.79. The molecule has 3 aromatic carbocycles. The maximum atomic E-state index is 12.8. The Hall–Kier alpha value is -4.16. The summed E-state index contributed by atoms with van der Waals surface area (Å²) >= 11 is 5.82. The van der Waals surface area contributed by atoms with Crippen LogP contribution in [0.1, 0.15) is 22.8 Å². The van der Waals surface area contributed by atoms with Crippen molar-refractivity contribution in [2.24, 2.45) is 5.10 Å². The van der Waals surface area contributed by atoms with E-state index in [1.165, 1.54) is 48.5 Å². The lowest BCUT2D eigenvalue weighted by molar-refractivity contribution is -0.385. The lowest BCUT2D eigenvalue weighted by Gasteiger charge is -2.12. The zero-order valence-corrected chi connectivity index (χ0v) is 19.7. The Labute approximate surface area is 205 Å². The smallest absolute Gasteiger partial charge is 0.312 e. The molecule has 0 aliphatic rings. The number of phenols is 1. The van der Waals surface area contributed by atoms with E-state index in [2.05, 4.69) is 15.2 Å². The Morgan fingerprint density at radius 2 is 1.89 bits per heavy atom. The van der Waals surface area contributed by atoms with Crippen LogP contribution < -0.4 is 14.9 Å². The predicted octanol–water partition coefficient (Wildman–Crippen LogP) is 3.92. The second-order valence-electron chi connectivity index (χ2n) is 6.87. The average molecular weight is 519 g/mol. The van der Waals surface area contributed by atoms with E-state index in [-0.39, 0.29) is 26.7 Å². The van der Waals surface area contributed by atoms with Crippen molar-refractivity contribution in [2.75, 3.05) is 11.3 Å². The minimum atomic E-state index is -4.02. The number of halogens is 1. The van der Waals surface area contributed by atoms with Crippen molar-refractivity contribution in [3.05, 3.63) is 86.9 Å². The van der Waals surface area contributed by atoms with Crippen LogP contribution in [-0.2, 0) is 10.0 Å². The van der Waals surface area contributed by atoms with Gasteiger partial charge in [-0.2, -0.15) is 5.10 Å². The molecule has 0 saturated heterocycles. The molecule has 35 heavy (non-hydrogen) atoms. The lowest BCUT2D eigenvalue weighted by atomic mass is 10.2. The Morgan fingerprint density at radius 1 is 1.20 bits per heavy atom. The van der Waals surface area contributed by atoms with Gasteiger partial charge in [-0.1, -0.05) is 23.7 Å². The number of carbonyl (C=O) groups is 1. The summed E-state index contributed by atoms with van der Waals surface area (Å²) < 4.78 is 33.3. The molecule has 3 N–H and O–H groups in total. The van der Waals surface area contributed by atoms with Crippen LogP contribution in [0.15, 0.2) is 70.7 Å². The van der Waals surface area contributed by atoms with Gasteiger partial charge in [-0.3, -0.25) is 19.6 Å². The molecule has 0 aromatic heterocycles. The highest BCUT2D eigenvalue weighted by Crippen LogP contribution is 2.32. The fourth-order valence-corrected chi connectivity index (χ4v) is 4.22. The zero-order valence-electron chi connectivity index (χ0n) is 18.1. The summed E-state index contributed by atoms with van der Waals surface area (Å²) in [5, 5.41) is 24.7. The van der Waals surface area contributed by atoms with Crippen molar-refractivity contribution >= 4 is 45.1 Å². The van der Waals surface area contributed by atoms with Gasteiger partial charge < -0.3 is 9.84 Å². The molecular weight excluding hydrogens is 500 g/mol. The van der Waals surface area contributed by atoms with Crippen LogP contribution >= 0.6 is 11.6 Å². The molecule has 0 bridgehead atoms. The molecule has 13 heteroatoms. The highest BCUT2D eigenvalue weighted by Gasteiger charge is 2.20. The number of carbonyl (C=O) groups excluding carboxylic acids is 1.